The Morgan fingerprint density at radius 3 is 2.88 bits per heavy atom. The smallest absolute Gasteiger partial charge is 0.131 e. The maximum atomic E-state index is 4.71. The van der Waals surface area contributed by atoms with Crippen molar-refractivity contribution in [3.05, 3.63) is 12.3 Å². The summed E-state index contributed by atoms with van der Waals surface area (Å²) in [5.41, 5.74) is 2.38. The van der Waals surface area contributed by atoms with Crippen LogP contribution in [-0.4, -0.2) is 5.66 Å². The molecular weight excluding hydrogens is 124 g/mol. The summed E-state index contributed by atoms with van der Waals surface area (Å²) >= 11 is 3.86. The number of nitrogens with one attached hydrogen (secondary N) is 2. The minimum absolute atomic E-state index is 0.302. The van der Waals surface area contributed by atoms with Gasteiger partial charge < -0.3 is 4.84 Å². The molecule has 8 heavy (non-hydrogen) atoms. The van der Waals surface area contributed by atoms with Gasteiger partial charge in [0.25, 0.3) is 0 Å². The van der Waals surface area contributed by atoms with Crippen molar-refractivity contribution in [2.45, 2.75) is 12.6 Å². The fourth-order valence-corrected chi connectivity index (χ4v) is 0.541. The van der Waals surface area contributed by atoms with Gasteiger partial charge in [0.2, 0.25) is 0 Å². The Hall–Kier alpha value is -0.190. The maximum Gasteiger partial charge on any atom is 0.131 e. The highest BCUT2D eigenvalue weighted by Gasteiger charge is 2.22. The molecule has 0 radical (unpaired) electrons. The molecule has 0 saturated carbocycles. The number of thiol groups is 1. The van der Waals surface area contributed by atoms with Gasteiger partial charge in [0.05, 0.1) is 0 Å². The molecule has 0 aromatic carbocycles. The highest BCUT2D eigenvalue weighted by Crippen LogP contribution is 2.07. The third-order valence-electron chi connectivity index (χ3n) is 0.973. The van der Waals surface area contributed by atoms with Gasteiger partial charge in [-0.25, -0.2) is 4.72 Å². The molecule has 4 heteroatoms. The van der Waals surface area contributed by atoms with Crippen LogP contribution in [0.5, 0.6) is 0 Å². The first kappa shape index (κ1) is 5.94. The van der Waals surface area contributed by atoms with Gasteiger partial charge in [-0.1, -0.05) is 12.8 Å². The van der Waals surface area contributed by atoms with E-state index in [4.69, 9.17) is 4.84 Å². The summed E-state index contributed by atoms with van der Waals surface area (Å²) < 4.78 is 2.71. The molecule has 1 aliphatic heterocycles. The van der Waals surface area contributed by atoms with E-state index in [1.807, 2.05) is 13.0 Å². The van der Waals surface area contributed by atoms with E-state index in [1.165, 1.54) is 0 Å². The summed E-state index contributed by atoms with van der Waals surface area (Å²) in [4.78, 5) is 4.71. The van der Waals surface area contributed by atoms with E-state index in [0.717, 1.165) is 0 Å². The summed E-state index contributed by atoms with van der Waals surface area (Å²) in [5, 5.41) is 0. The molecule has 1 aliphatic rings. The first-order valence-electron chi connectivity index (χ1n) is 2.29. The van der Waals surface area contributed by atoms with E-state index in [1.54, 1.807) is 6.26 Å². The molecule has 0 amide bonds. The van der Waals surface area contributed by atoms with Crippen LogP contribution < -0.4 is 10.2 Å². The second-order valence-corrected chi connectivity index (χ2v) is 2.06. The molecule has 1 heterocycles. The minimum atomic E-state index is -0.302. The topological polar surface area (TPSA) is 33.3 Å². The van der Waals surface area contributed by atoms with Crippen molar-refractivity contribution in [1.29, 1.82) is 0 Å². The lowest BCUT2D eigenvalue weighted by atomic mass is 10.2. The predicted molar refractivity (Wildman–Crippen MR) is 33.9 cm³/mol. The molecule has 0 aromatic rings. The van der Waals surface area contributed by atoms with E-state index in [2.05, 4.69) is 23.0 Å². The molecule has 0 fully saturated rings. The Bertz CT molecular complexity index is 117. The van der Waals surface area contributed by atoms with Crippen LogP contribution in [0.2, 0.25) is 0 Å². The van der Waals surface area contributed by atoms with Gasteiger partial charge in [-0.3, -0.25) is 0 Å². The zero-order valence-electron chi connectivity index (χ0n) is 4.51. The van der Waals surface area contributed by atoms with Crippen LogP contribution in [0.25, 0.3) is 0 Å². The van der Waals surface area contributed by atoms with E-state index in [-0.39, 0.29) is 5.66 Å². The first-order chi connectivity index (χ1) is 3.77. The molecule has 1 rings (SSSR count). The fraction of sp³-hybridized carbons (Fsp3) is 0.500. The minimum Gasteiger partial charge on any atom is -0.415 e. The van der Waals surface area contributed by atoms with Gasteiger partial charge >= 0.3 is 0 Å². The summed E-state index contributed by atoms with van der Waals surface area (Å²) in [7, 11) is 0. The molecule has 0 aliphatic carbocycles. The Kier molecular flexibility index (Phi) is 1.46. The highest BCUT2D eigenvalue weighted by atomic mass is 32.1. The zero-order chi connectivity index (χ0) is 6.04. The maximum absolute atomic E-state index is 4.71. The molecule has 2 N–H and O–H groups in total. The van der Waals surface area contributed by atoms with Crippen LogP contribution in [-0.2, 0) is 4.84 Å². The van der Waals surface area contributed by atoms with Crippen LogP contribution in [0.15, 0.2) is 12.3 Å². The Balaban J connectivity index is 2.54. The van der Waals surface area contributed by atoms with Crippen molar-refractivity contribution in [3.63, 3.8) is 0 Å². The van der Waals surface area contributed by atoms with Crippen molar-refractivity contribution >= 4 is 12.8 Å². The predicted octanol–water partition coefficient (Wildman–Crippen LogP) is 0.186. The van der Waals surface area contributed by atoms with Gasteiger partial charge in [0.1, 0.15) is 11.9 Å². The third-order valence-corrected chi connectivity index (χ3v) is 1.44. The van der Waals surface area contributed by atoms with Gasteiger partial charge in [-0.15, -0.1) is 5.48 Å². The molecule has 0 spiro atoms. The van der Waals surface area contributed by atoms with Crippen molar-refractivity contribution in [3.8, 4) is 0 Å². The fourth-order valence-electron chi connectivity index (χ4n) is 0.421. The van der Waals surface area contributed by atoms with Crippen LogP contribution in [0.4, 0.5) is 0 Å². The lowest BCUT2D eigenvalue weighted by molar-refractivity contribution is 0.103. The monoisotopic (exact) mass is 132 g/mol. The van der Waals surface area contributed by atoms with Crippen LogP contribution in [0, 0.1) is 0 Å². The molecule has 0 bridgehead atoms. The zero-order valence-corrected chi connectivity index (χ0v) is 5.40. The largest absolute Gasteiger partial charge is 0.415 e. The second kappa shape index (κ2) is 1.97. The second-order valence-electron chi connectivity index (χ2n) is 1.84. The first-order valence-corrected chi connectivity index (χ1v) is 2.73. The van der Waals surface area contributed by atoms with Crippen molar-refractivity contribution < 1.29 is 4.84 Å². The Morgan fingerprint density at radius 1 is 1.88 bits per heavy atom. The van der Waals surface area contributed by atoms with Crippen molar-refractivity contribution in [2.75, 3.05) is 0 Å². The van der Waals surface area contributed by atoms with Gasteiger partial charge in [0.15, 0.2) is 0 Å². The van der Waals surface area contributed by atoms with E-state index in [0.29, 0.717) is 0 Å². The number of rotatable bonds is 1. The number of hydrogen-bond acceptors (Lipinski definition) is 4. The quantitative estimate of drug-likeness (QED) is 0.445. The lowest BCUT2D eigenvalue weighted by Gasteiger charge is -2.17. The summed E-state index contributed by atoms with van der Waals surface area (Å²) in [6.45, 7) is 1.91. The van der Waals surface area contributed by atoms with E-state index < -0.39 is 0 Å². The summed E-state index contributed by atoms with van der Waals surface area (Å²) in [5.74, 6) is 0. The average Bonchev–Trinajstić information content (AvgIpc) is 2.17. The summed E-state index contributed by atoms with van der Waals surface area (Å²) in [6, 6.07) is 0. The van der Waals surface area contributed by atoms with Gasteiger partial charge in [-0.2, -0.15) is 0 Å². The molecule has 3 nitrogen and oxygen atoms in total. The van der Waals surface area contributed by atoms with Crippen LogP contribution in [0.3, 0.4) is 0 Å². The molecule has 1 unspecified atom stereocenters. The van der Waals surface area contributed by atoms with E-state index in [9.17, 15) is 0 Å². The van der Waals surface area contributed by atoms with Gasteiger partial charge in [-0.05, 0) is 13.0 Å². The lowest BCUT2D eigenvalue weighted by Crippen LogP contribution is -2.44. The standard InChI is InChI=1S/C4H8N2OS/c1-4(6-8)2-3-7-5-4/h2-3,5-6,8H,1H3. The molecule has 46 valence electrons. The SMILES string of the molecule is CC1(NS)C=CON1. The van der Waals surface area contributed by atoms with Gasteiger partial charge in [0, 0.05) is 0 Å². The molecule has 0 aromatic heterocycles. The molecule has 1 atom stereocenters. The Morgan fingerprint density at radius 2 is 2.62 bits per heavy atom. The molecular formula is C4H8N2OS. The van der Waals surface area contributed by atoms with Crippen LogP contribution >= 0.6 is 12.8 Å². The van der Waals surface area contributed by atoms with Crippen molar-refractivity contribution in [1.82, 2.24) is 10.2 Å². The van der Waals surface area contributed by atoms with E-state index >= 15 is 0 Å². The van der Waals surface area contributed by atoms with Crippen LogP contribution in [0.1, 0.15) is 6.92 Å². The third kappa shape index (κ3) is 0.964. The number of hydroxylamine groups is 1. The highest BCUT2D eigenvalue weighted by molar-refractivity contribution is 7.78. The normalized spacial score (nSPS) is 35.2. The number of hydrogen-bond donors (Lipinski definition) is 3. The average molecular weight is 132 g/mol. The molecule has 0 saturated heterocycles. The summed E-state index contributed by atoms with van der Waals surface area (Å²) in [6.07, 6.45) is 3.41. The van der Waals surface area contributed by atoms with Crippen molar-refractivity contribution in [2.24, 2.45) is 0 Å². The Labute approximate surface area is 53.6 Å².